The molecule has 6 heteroatoms. The SMILES string of the molecule is CC[C@](C)(O)c1nc(C2CCC(C)N(C(=O)O)C2)oc1C. The van der Waals surface area contributed by atoms with Crippen LogP contribution in [-0.4, -0.2) is 38.8 Å². The maximum absolute atomic E-state index is 11.3. The Morgan fingerprint density at radius 1 is 1.52 bits per heavy atom. The van der Waals surface area contributed by atoms with E-state index in [1.54, 1.807) is 13.8 Å². The van der Waals surface area contributed by atoms with Crippen LogP contribution in [0, 0.1) is 6.92 Å². The highest BCUT2D eigenvalue weighted by Gasteiger charge is 2.34. The van der Waals surface area contributed by atoms with Crippen LogP contribution in [0.4, 0.5) is 4.79 Å². The molecular formula is C15H24N2O4. The number of aromatic nitrogens is 1. The van der Waals surface area contributed by atoms with Crippen LogP contribution < -0.4 is 0 Å². The minimum atomic E-state index is -1.01. The molecule has 2 unspecified atom stereocenters. The summed E-state index contributed by atoms with van der Waals surface area (Å²) in [5.74, 6) is 1.10. The van der Waals surface area contributed by atoms with Gasteiger partial charge in [-0.3, -0.25) is 0 Å². The first-order valence-corrected chi connectivity index (χ1v) is 7.46. The van der Waals surface area contributed by atoms with Crippen LogP contribution in [-0.2, 0) is 5.60 Å². The zero-order valence-electron chi connectivity index (χ0n) is 13.1. The molecule has 0 aromatic carbocycles. The number of aliphatic hydroxyl groups is 1. The van der Waals surface area contributed by atoms with Crippen LogP contribution in [0.5, 0.6) is 0 Å². The first kappa shape index (κ1) is 15.8. The number of carbonyl (C=O) groups is 1. The molecule has 1 aromatic rings. The van der Waals surface area contributed by atoms with Crippen LogP contribution in [0.2, 0.25) is 0 Å². The quantitative estimate of drug-likeness (QED) is 0.895. The standard InChI is InChI=1S/C15H24N2O4/c1-5-15(4,20)12-10(3)21-13(16-12)11-7-6-9(2)17(8-11)14(18)19/h9,11,20H,5-8H2,1-4H3,(H,18,19)/t9?,11?,15-/m0/s1. The molecule has 118 valence electrons. The van der Waals surface area contributed by atoms with Gasteiger partial charge in [-0.15, -0.1) is 0 Å². The fourth-order valence-electron chi connectivity index (χ4n) is 2.83. The molecule has 3 atom stereocenters. The van der Waals surface area contributed by atoms with Gasteiger partial charge in [-0.2, -0.15) is 0 Å². The molecule has 2 rings (SSSR count). The van der Waals surface area contributed by atoms with E-state index in [0.717, 1.165) is 12.8 Å². The third kappa shape index (κ3) is 3.05. The molecule has 21 heavy (non-hydrogen) atoms. The number of rotatable bonds is 3. The van der Waals surface area contributed by atoms with Crippen molar-refractivity contribution in [1.29, 1.82) is 0 Å². The summed E-state index contributed by atoms with van der Waals surface area (Å²) in [4.78, 5) is 17.1. The number of piperidine rings is 1. The largest absolute Gasteiger partial charge is 0.465 e. The number of oxazole rings is 1. The van der Waals surface area contributed by atoms with Gasteiger partial charge in [0.05, 0.1) is 5.92 Å². The fourth-order valence-corrected chi connectivity index (χ4v) is 2.83. The molecule has 2 N–H and O–H groups in total. The van der Waals surface area contributed by atoms with Crippen molar-refractivity contribution in [3.05, 3.63) is 17.3 Å². The van der Waals surface area contributed by atoms with Gasteiger partial charge in [0, 0.05) is 12.6 Å². The van der Waals surface area contributed by atoms with E-state index < -0.39 is 11.7 Å². The lowest BCUT2D eigenvalue weighted by Crippen LogP contribution is -2.44. The monoisotopic (exact) mass is 296 g/mol. The Kier molecular flexibility index (Phi) is 4.27. The minimum absolute atomic E-state index is 0.0213. The Morgan fingerprint density at radius 2 is 2.19 bits per heavy atom. The molecule has 0 saturated carbocycles. The van der Waals surface area contributed by atoms with Crippen LogP contribution in [0.25, 0.3) is 0 Å². The van der Waals surface area contributed by atoms with Crippen LogP contribution in [0.3, 0.4) is 0 Å². The van der Waals surface area contributed by atoms with Crippen molar-refractivity contribution >= 4 is 6.09 Å². The lowest BCUT2D eigenvalue weighted by molar-refractivity contribution is 0.0475. The van der Waals surface area contributed by atoms with Gasteiger partial charge in [-0.05, 0) is 40.0 Å². The highest BCUT2D eigenvalue weighted by molar-refractivity contribution is 5.65. The van der Waals surface area contributed by atoms with Gasteiger partial charge in [0.15, 0.2) is 5.89 Å². The normalized spacial score (nSPS) is 25.7. The fraction of sp³-hybridized carbons (Fsp3) is 0.733. The minimum Gasteiger partial charge on any atom is -0.465 e. The smallest absolute Gasteiger partial charge is 0.407 e. The van der Waals surface area contributed by atoms with Gasteiger partial charge < -0.3 is 19.5 Å². The molecule has 6 nitrogen and oxygen atoms in total. The van der Waals surface area contributed by atoms with Crippen molar-refractivity contribution in [1.82, 2.24) is 9.88 Å². The molecule has 1 aliphatic rings. The molecule has 1 saturated heterocycles. The summed E-state index contributed by atoms with van der Waals surface area (Å²) in [5.41, 5.74) is -0.458. The van der Waals surface area contributed by atoms with Crippen molar-refractivity contribution in [2.24, 2.45) is 0 Å². The maximum atomic E-state index is 11.3. The maximum Gasteiger partial charge on any atom is 0.407 e. The van der Waals surface area contributed by atoms with Crippen molar-refractivity contribution in [2.45, 2.75) is 64.5 Å². The van der Waals surface area contributed by atoms with Crippen LogP contribution >= 0.6 is 0 Å². The Labute approximate surface area is 124 Å². The van der Waals surface area contributed by atoms with Crippen LogP contribution in [0.15, 0.2) is 4.42 Å². The van der Waals surface area contributed by atoms with E-state index in [9.17, 15) is 15.0 Å². The van der Waals surface area contributed by atoms with E-state index in [0.29, 0.717) is 30.3 Å². The number of hydrogen-bond donors (Lipinski definition) is 2. The molecule has 0 spiro atoms. The number of carboxylic acid groups (broad SMARTS) is 1. The number of likely N-dealkylation sites (tertiary alicyclic amines) is 1. The number of hydrogen-bond acceptors (Lipinski definition) is 4. The molecule has 0 radical (unpaired) electrons. The molecule has 0 aliphatic carbocycles. The van der Waals surface area contributed by atoms with Gasteiger partial charge in [0.25, 0.3) is 0 Å². The topological polar surface area (TPSA) is 86.8 Å². The van der Waals surface area contributed by atoms with Gasteiger partial charge in [-0.1, -0.05) is 6.92 Å². The van der Waals surface area contributed by atoms with E-state index in [2.05, 4.69) is 4.98 Å². The summed E-state index contributed by atoms with van der Waals surface area (Å²) in [6.45, 7) is 7.70. The molecule has 1 amide bonds. The molecular weight excluding hydrogens is 272 g/mol. The Morgan fingerprint density at radius 3 is 2.76 bits per heavy atom. The predicted octanol–water partition coefficient (Wildman–Crippen LogP) is 2.85. The van der Waals surface area contributed by atoms with E-state index in [-0.39, 0.29) is 12.0 Å². The number of aryl methyl sites for hydroxylation is 1. The Hall–Kier alpha value is -1.56. The molecule has 1 aliphatic heterocycles. The third-order valence-corrected chi connectivity index (χ3v) is 4.49. The van der Waals surface area contributed by atoms with Crippen molar-refractivity contribution in [3.63, 3.8) is 0 Å². The van der Waals surface area contributed by atoms with Crippen LogP contribution in [0.1, 0.15) is 63.3 Å². The van der Waals surface area contributed by atoms with Gasteiger partial charge in [0.1, 0.15) is 17.1 Å². The van der Waals surface area contributed by atoms with Crippen molar-refractivity contribution < 1.29 is 19.4 Å². The molecule has 1 fully saturated rings. The third-order valence-electron chi connectivity index (χ3n) is 4.49. The second-order valence-corrected chi connectivity index (χ2v) is 6.14. The Balaban J connectivity index is 2.23. The first-order valence-electron chi connectivity index (χ1n) is 7.46. The van der Waals surface area contributed by atoms with Gasteiger partial charge in [-0.25, -0.2) is 9.78 Å². The van der Waals surface area contributed by atoms with E-state index >= 15 is 0 Å². The highest BCUT2D eigenvalue weighted by Crippen LogP contribution is 2.33. The van der Waals surface area contributed by atoms with E-state index in [1.165, 1.54) is 4.90 Å². The van der Waals surface area contributed by atoms with Gasteiger partial charge in [0.2, 0.25) is 0 Å². The summed E-state index contributed by atoms with van der Waals surface area (Å²) in [5, 5.41) is 19.6. The zero-order chi connectivity index (χ0) is 15.8. The molecule has 0 bridgehead atoms. The molecule has 1 aromatic heterocycles. The highest BCUT2D eigenvalue weighted by atomic mass is 16.4. The van der Waals surface area contributed by atoms with E-state index in [1.807, 2.05) is 13.8 Å². The summed E-state index contributed by atoms with van der Waals surface area (Å²) in [6.07, 6.45) is 1.27. The lowest BCUT2D eigenvalue weighted by atomic mass is 9.93. The molecule has 2 heterocycles. The number of amides is 1. The summed E-state index contributed by atoms with van der Waals surface area (Å²) >= 11 is 0. The average Bonchev–Trinajstić information content (AvgIpc) is 2.81. The van der Waals surface area contributed by atoms with Crippen molar-refractivity contribution in [2.75, 3.05) is 6.54 Å². The van der Waals surface area contributed by atoms with E-state index in [4.69, 9.17) is 4.42 Å². The lowest BCUT2D eigenvalue weighted by Gasteiger charge is -2.34. The zero-order valence-corrected chi connectivity index (χ0v) is 13.1. The van der Waals surface area contributed by atoms with Gasteiger partial charge >= 0.3 is 6.09 Å². The Bertz CT molecular complexity index is 524. The second-order valence-electron chi connectivity index (χ2n) is 6.14. The summed E-state index contributed by atoms with van der Waals surface area (Å²) < 4.78 is 5.71. The summed E-state index contributed by atoms with van der Waals surface area (Å²) in [6, 6.07) is 0.0213. The second kappa shape index (κ2) is 5.67. The first-order chi connectivity index (χ1) is 9.76. The number of nitrogens with zero attached hydrogens (tertiary/aromatic N) is 2. The summed E-state index contributed by atoms with van der Waals surface area (Å²) in [7, 11) is 0. The average molecular weight is 296 g/mol. The predicted molar refractivity (Wildman–Crippen MR) is 77.3 cm³/mol. The van der Waals surface area contributed by atoms with Crippen molar-refractivity contribution in [3.8, 4) is 0 Å².